The lowest BCUT2D eigenvalue weighted by Crippen LogP contribution is -2.34. The van der Waals surface area contributed by atoms with Crippen molar-refractivity contribution in [3.05, 3.63) is 35.0 Å². The zero-order chi connectivity index (χ0) is 14.3. The van der Waals surface area contributed by atoms with Crippen molar-refractivity contribution >= 4 is 10.9 Å². The Labute approximate surface area is 121 Å². The van der Waals surface area contributed by atoms with Crippen molar-refractivity contribution < 1.29 is 4.74 Å². The minimum absolute atomic E-state index is 0.123. The first kappa shape index (κ1) is 13.7. The van der Waals surface area contributed by atoms with Gasteiger partial charge in [0.2, 0.25) is 0 Å². The summed E-state index contributed by atoms with van der Waals surface area (Å²) in [5.41, 5.74) is 5.56. The fourth-order valence-electron chi connectivity index (χ4n) is 3.82. The van der Waals surface area contributed by atoms with Crippen LogP contribution in [0.2, 0.25) is 0 Å². The summed E-state index contributed by atoms with van der Waals surface area (Å²) < 4.78 is 8.55. The first-order chi connectivity index (χ1) is 9.60. The van der Waals surface area contributed by atoms with E-state index in [0.717, 1.165) is 32.3 Å². The summed E-state index contributed by atoms with van der Waals surface area (Å²) in [6.45, 7) is 7.56. The fraction of sp³-hybridized carbons (Fsp3) is 0.556. The van der Waals surface area contributed by atoms with Gasteiger partial charge in [-0.1, -0.05) is 32.4 Å². The molecule has 0 N–H and O–H groups in total. The van der Waals surface area contributed by atoms with E-state index in [1.165, 1.54) is 27.7 Å². The summed E-state index contributed by atoms with van der Waals surface area (Å²) in [6, 6.07) is 6.93. The van der Waals surface area contributed by atoms with Gasteiger partial charge in [0.05, 0.1) is 12.3 Å². The Kier molecular flexibility index (Phi) is 3.37. The van der Waals surface area contributed by atoms with Gasteiger partial charge in [-0.2, -0.15) is 0 Å². The van der Waals surface area contributed by atoms with Gasteiger partial charge in [-0.15, -0.1) is 0 Å². The van der Waals surface area contributed by atoms with E-state index >= 15 is 0 Å². The number of benzene rings is 1. The third-order valence-electron chi connectivity index (χ3n) is 4.78. The molecule has 0 aliphatic carbocycles. The molecular weight excluding hydrogens is 246 g/mol. The van der Waals surface area contributed by atoms with E-state index in [1.54, 1.807) is 0 Å². The zero-order valence-corrected chi connectivity index (χ0v) is 13.1. The van der Waals surface area contributed by atoms with E-state index in [0.29, 0.717) is 0 Å². The van der Waals surface area contributed by atoms with Crippen molar-refractivity contribution in [3.8, 4) is 0 Å². The standard InChI is InChI=1S/C18H25NO/c1-5-10-18(3)17-15(9-11-20-18)14-8-7-13(6-2)12-16(14)19(17)4/h7-8,12H,5-6,9-11H2,1-4H3. The molecule has 2 heterocycles. The van der Waals surface area contributed by atoms with Gasteiger partial charge in [0, 0.05) is 18.0 Å². The number of aromatic nitrogens is 1. The summed E-state index contributed by atoms with van der Waals surface area (Å²) in [7, 11) is 2.20. The number of hydrogen-bond donors (Lipinski definition) is 0. The monoisotopic (exact) mass is 271 g/mol. The fourth-order valence-corrected chi connectivity index (χ4v) is 3.82. The van der Waals surface area contributed by atoms with Gasteiger partial charge >= 0.3 is 0 Å². The van der Waals surface area contributed by atoms with Gasteiger partial charge in [0.1, 0.15) is 5.60 Å². The van der Waals surface area contributed by atoms with Crippen molar-refractivity contribution in [2.45, 2.75) is 52.1 Å². The second kappa shape index (κ2) is 4.92. The molecule has 0 saturated carbocycles. The maximum Gasteiger partial charge on any atom is 0.105 e. The van der Waals surface area contributed by atoms with Crippen molar-refractivity contribution in [2.24, 2.45) is 7.05 Å². The molecule has 1 aromatic carbocycles. The van der Waals surface area contributed by atoms with E-state index in [2.05, 4.69) is 50.6 Å². The van der Waals surface area contributed by atoms with E-state index in [9.17, 15) is 0 Å². The SMILES string of the molecule is CCCC1(C)OCCc2c1n(C)c1cc(CC)ccc21. The number of aryl methyl sites for hydroxylation is 2. The molecule has 1 unspecified atom stereocenters. The van der Waals surface area contributed by atoms with Crippen LogP contribution in [0.1, 0.15) is 50.4 Å². The average molecular weight is 271 g/mol. The van der Waals surface area contributed by atoms with Crippen molar-refractivity contribution in [1.82, 2.24) is 4.57 Å². The van der Waals surface area contributed by atoms with Crippen LogP contribution in [0.25, 0.3) is 10.9 Å². The lowest BCUT2D eigenvalue weighted by atomic mass is 9.89. The van der Waals surface area contributed by atoms with Gasteiger partial charge in [-0.3, -0.25) is 0 Å². The second-order valence-electron chi connectivity index (χ2n) is 6.17. The lowest BCUT2D eigenvalue weighted by Gasteiger charge is -2.35. The molecule has 2 heteroatoms. The van der Waals surface area contributed by atoms with Gasteiger partial charge in [0.25, 0.3) is 0 Å². The third kappa shape index (κ3) is 1.89. The number of nitrogens with zero attached hydrogens (tertiary/aromatic N) is 1. The van der Waals surface area contributed by atoms with Crippen LogP contribution in [0.5, 0.6) is 0 Å². The smallest absolute Gasteiger partial charge is 0.105 e. The topological polar surface area (TPSA) is 14.2 Å². The molecule has 2 nitrogen and oxygen atoms in total. The molecule has 1 aromatic heterocycles. The summed E-state index contributed by atoms with van der Waals surface area (Å²) in [4.78, 5) is 0. The average Bonchev–Trinajstić information content (AvgIpc) is 2.73. The van der Waals surface area contributed by atoms with Crippen LogP contribution in [-0.4, -0.2) is 11.2 Å². The zero-order valence-electron chi connectivity index (χ0n) is 13.1. The molecule has 1 atom stereocenters. The molecule has 0 fully saturated rings. The minimum Gasteiger partial charge on any atom is -0.369 e. The van der Waals surface area contributed by atoms with E-state index in [4.69, 9.17) is 4.74 Å². The van der Waals surface area contributed by atoms with Crippen LogP contribution in [-0.2, 0) is 30.2 Å². The summed E-state index contributed by atoms with van der Waals surface area (Å²) in [6.07, 6.45) is 4.37. The summed E-state index contributed by atoms with van der Waals surface area (Å²) in [5, 5.41) is 1.42. The minimum atomic E-state index is -0.123. The van der Waals surface area contributed by atoms with E-state index in [1.807, 2.05) is 0 Å². The molecule has 0 spiro atoms. The van der Waals surface area contributed by atoms with Crippen molar-refractivity contribution in [1.29, 1.82) is 0 Å². The normalized spacial score (nSPS) is 22.2. The molecule has 0 bridgehead atoms. The van der Waals surface area contributed by atoms with Crippen LogP contribution in [0, 0.1) is 0 Å². The molecule has 2 aromatic rings. The first-order valence-corrected chi connectivity index (χ1v) is 7.85. The highest BCUT2D eigenvalue weighted by Crippen LogP contribution is 2.41. The summed E-state index contributed by atoms with van der Waals surface area (Å²) >= 11 is 0. The first-order valence-electron chi connectivity index (χ1n) is 7.85. The Morgan fingerprint density at radius 2 is 2.10 bits per heavy atom. The van der Waals surface area contributed by atoms with Gasteiger partial charge < -0.3 is 9.30 Å². The Balaban J connectivity index is 2.26. The van der Waals surface area contributed by atoms with Crippen molar-refractivity contribution in [3.63, 3.8) is 0 Å². The predicted octanol–water partition coefficient (Wildman–Crippen LogP) is 4.33. The number of fused-ring (bicyclic) bond motifs is 3. The van der Waals surface area contributed by atoms with Crippen LogP contribution < -0.4 is 0 Å². The quantitative estimate of drug-likeness (QED) is 0.810. The van der Waals surface area contributed by atoms with Gasteiger partial charge in [0.15, 0.2) is 0 Å². The maximum atomic E-state index is 6.18. The maximum absolute atomic E-state index is 6.18. The largest absolute Gasteiger partial charge is 0.369 e. The molecule has 1 aliphatic heterocycles. The summed E-state index contributed by atoms with van der Waals surface area (Å²) in [5.74, 6) is 0. The molecule has 108 valence electrons. The Morgan fingerprint density at radius 3 is 2.80 bits per heavy atom. The molecule has 0 saturated heterocycles. The highest BCUT2D eigenvalue weighted by Gasteiger charge is 2.36. The molecule has 1 aliphatic rings. The molecule has 0 amide bonds. The van der Waals surface area contributed by atoms with Crippen LogP contribution in [0.4, 0.5) is 0 Å². The predicted molar refractivity (Wildman–Crippen MR) is 84.2 cm³/mol. The molecule has 3 rings (SSSR count). The molecule has 0 radical (unpaired) electrons. The Morgan fingerprint density at radius 1 is 1.30 bits per heavy atom. The van der Waals surface area contributed by atoms with Crippen molar-refractivity contribution in [2.75, 3.05) is 6.61 Å². The highest BCUT2D eigenvalue weighted by molar-refractivity contribution is 5.86. The third-order valence-corrected chi connectivity index (χ3v) is 4.78. The lowest BCUT2D eigenvalue weighted by molar-refractivity contribution is -0.0573. The molecule has 20 heavy (non-hydrogen) atoms. The Hall–Kier alpha value is -1.28. The number of rotatable bonds is 3. The van der Waals surface area contributed by atoms with E-state index < -0.39 is 0 Å². The van der Waals surface area contributed by atoms with Gasteiger partial charge in [-0.05, 0) is 43.4 Å². The van der Waals surface area contributed by atoms with Crippen LogP contribution in [0.3, 0.4) is 0 Å². The molecular formula is C18H25NO. The highest BCUT2D eigenvalue weighted by atomic mass is 16.5. The Bertz CT molecular complexity index is 640. The second-order valence-corrected chi connectivity index (χ2v) is 6.17. The number of hydrogen-bond acceptors (Lipinski definition) is 1. The number of ether oxygens (including phenoxy) is 1. The van der Waals surface area contributed by atoms with E-state index in [-0.39, 0.29) is 5.60 Å². The van der Waals surface area contributed by atoms with Gasteiger partial charge in [-0.25, -0.2) is 0 Å². The van der Waals surface area contributed by atoms with Crippen LogP contribution >= 0.6 is 0 Å². The van der Waals surface area contributed by atoms with Crippen LogP contribution in [0.15, 0.2) is 18.2 Å².